The van der Waals surface area contributed by atoms with E-state index in [0.717, 1.165) is 37.7 Å². The van der Waals surface area contributed by atoms with E-state index < -0.39 is 0 Å². The average molecular weight is 381 g/mol. The van der Waals surface area contributed by atoms with Gasteiger partial charge < -0.3 is 9.64 Å². The monoisotopic (exact) mass is 380 g/mol. The Morgan fingerprint density at radius 3 is 2.94 bits per heavy atom. The summed E-state index contributed by atoms with van der Waals surface area (Å²) < 4.78 is 5.34. The molecule has 0 unspecified atom stereocenters. The van der Waals surface area contributed by atoms with E-state index in [1.54, 1.807) is 6.20 Å². The van der Waals surface area contributed by atoms with Gasteiger partial charge in [0.2, 0.25) is 0 Å². The van der Waals surface area contributed by atoms with E-state index in [9.17, 15) is 0 Å². The van der Waals surface area contributed by atoms with Gasteiger partial charge in [-0.25, -0.2) is 4.98 Å². The molecule has 1 aliphatic heterocycles. The van der Waals surface area contributed by atoms with Gasteiger partial charge in [-0.3, -0.25) is 0 Å². The van der Waals surface area contributed by atoms with Crippen LogP contribution < -0.4 is 4.90 Å². The molecule has 3 nitrogen and oxygen atoms in total. The summed E-state index contributed by atoms with van der Waals surface area (Å²) in [6.45, 7) is 3.18. The summed E-state index contributed by atoms with van der Waals surface area (Å²) in [5.74, 6) is 3.04. The lowest BCUT2D eigenvalue weighted by atomic mass is 10.2. The number of rotatable bonds is 1. The van der Waals surface area contributed by atoms with Crippen LogP contribution in [0.1, 0.15) is 5.69 Å². The Kier molecular flexibility index (Phi) is 5.22. The van der Waals surface area contributed by atoms with Crippen molar-refractivity contribution in [3.05, 3.63) is 23.0 Å². The van der Waals surface area contributed by atoms with E-state index in [2.05, 4.69) is 42.3 Å². The summed E-state index contributed by atoms with van der Waals surface area (Å²) in [7, 11) is 1.45. The summed E-state index contributed by atoms with van der Waals surface area (Å²) in [5, 5.41) is 3.59. The first-order valence-corrected chi connectivity index (χ1v) is 8.82. The number of nitrogens with zero attached hydrogens (tertiary/aromatic N) is 2. The molecule has 6 heteroatoms. The van der Waals surface area contributed by atoms with Crippen molar-refractivity contribution in [1.29, 1.82) is 0 Å². The van der Waals surface area contributed by atoms with Crippen molar-refractivity contribution in [1.82, 2.24) is 4.98 Å². The molecule has 0 spiro atoms. The first-order chi connectivity index (χ1) is 8.31. The quantitative estimate of drug-likeness (QED) is 0.552. The predicted octanol–water partition coefficient (Wildman–Crippen LogP) is 2.96. The van der Waals surface area contributed by atoms with Crippen molar-refractivity contribution < 1.29 is 4.74 Å². The van der Waals surface area contributed by atoms with E-state index in [0.29, 0.717) is 5.02 Å². The third-order valence-electron chi connectivity index (χ3n) is 2.39. The fourth-order valence-corrected chi connectivity index (χ4v) is 2.26. The molecule has 1 aliphatic rings. The van der Waals surface area contributed by atoms with Gasteiger partial charge >= 0.3 is 0 Å². The highest BCUT2D eigenvalue weighted by molar-refractivity contribution is 14.2. The van der Waals surface area contributed by atoms with Crippen molar-refractivity contribution in [2.75, 3.05) is 31.2 Å². The third-order valence-corrected chi connectivity index (χ3v) is 3.44. The second-order valence-electron chi connectivity index (χ2n) is 3.42. The average Bonchev–Trinajstić information content (AvgIpc) is 2.38. The molecule has 1 aromatic heterocycles. The second-order valence-corrected chi connectivity index (χ2v) is 5.54. The fourth-order valence-electron chi connectivity index (χ4n) is 1.64. The normalized spacial score (nSPS) is 15.3. The van der Waals surface area contributed by atoms with E-state index in [1.165, 1.54) is 8.93 Å². The lowest BCUT2D eigenvalue weighted by Crippen LogP contribution is -2.36. The summed E-state index contributed by atoms with van der Waals surface area (Å²) in [6.07, 6.45) is 1.63. The van der Waals surface area contributed by atoms with Crippen molar-refractivity contribution in [3.8, 4) is 11.2 Å². The second kappa shape index (κ2) is 6.69. The van der Waals surface area contributed by atoms with Gasteiger partial charge in [0.15, 0.2) is 0 Å². The van der Waals surface area contributed by atoms with Crippen LogP contribution in [0.3, 0.4) is 0 Å². The molecule has 1 aromatic rings. The lowest BCUT2D eigenvalue weighted by Gasteiger charge is -2.29. The Morgan fingerprint density at radius 2 is 2.24 bits per heavy atom. The van der Waals surface area contributed by atoms with E-state index in [-0.39, 0.29) is 0 Å². The molecule has 17 heavy (non-hydrogen) atoms. The number of hydrogen-bond donors (Lipinski definition) is 0. The molecule has 0 radical (unpaired) electrons. The number of aromatic nitrogens is 1. The highest BCUT2D eigenvalue weighted by atomic mass is 127. The number of anilines is 1. The maximum absolute atomic E-state index is 5.99. The van der Waals surface area contributed by atoms with Crippen LogP contribution >= 0.6 is 41.7 Å². The molecular weight excluding hydrogens is 371 g/mol. The van der Waals surface area contributed by atoms with Gasteiger partial charge in [0, 0.05) is 40.5 Å². The van der Waals surface area contributed by atoms with Gasteiger partial charge in [-0.05, 0) is 26.2 Å². The highest BCUT2D eigenvalue weighted by Crippen LogP contribution is 2.23. The topological polar surface area (TPSA) is 25.4 Å². The largest absolute Gasteiger partial charge is 0.378 e. The smallest absolute Gasteiger partial charge is 0.137 e. The maximum atomic E-state index is 5.99. The number of hydrogen-bond acceptors (Lipinski definition) is 4. The van der Waals surface area contributed by atoms with Crippen LogP contribution in [0, 0.1) is 11.2 Å². The summed E-state index contributed by atoms with van der Waals surface area (Å²) in [6, 6.07) is 1.92. The van der Waals surface area contributed by atoms with Crippen molar-refractivity contribution in [2.45, 2.75) is 0 Å². The molecule has 1 saturated heterocycles. The molecule has 0 aromatic carbocycles. The Labute approximate surface area is 122 Å². The van der Waals surface area contributed by atoms with Crippen LogP contribution in [-0.2, 0) is 4.74 Å². The van der Waals surface area contributed by atoms with Crippen LogP contribution in [0.2, 0.25) is 5.02 Å². The van der Waals surface area contributed by atoms with Gasteiger partial charge in [-0.1, -0.05) is 11.6 Å². The van der Waals surface area contributed by atoms with Crippen LogP contribution in [0.15, 0.2) is 12.3 Å². The summed E-state index contributed by atoms with van der Waals surface area (Å²) in [4.78, 5) is 6.50. The van der Waals surface area contributed by atoms with E-state index >= 15 is 0 Å². The summed E-state index contributed by atoms with van der Waals surface area (Å²) >= 11 is 8.14. The minimum absolute atomic E-state index is 0.638. The number of morpholine rings is 1. The number of ether oxygens (including phenoxy) is 1. The molecule has 1 fully saturated rings. The molecular formula is C11H10ClIN2OS. The van der Waals surface area contributed by atoms with Crippen LogP contribution in [0.5, 0.6) is 0 Å². The van der Waals surface area contributed by atoms with Crippen molar-refractivity contribution in [2.24, 2.45) is 0 Å². The van der Waals surface area contributed by atoms with E-state index in [4.69, 9.17) is 16.3 Å². The van der Waals surface area contributed by atoms with Crippen molar-refractivity contribution in [3.63, 3.8) is 0 Å². The Balaban J connectivity index is 2.31. The van der Waals surface area contributed by atoms with Crippen molar-refractivity contribution >= 4 is 47.4 Å². The van der Waals surface area contributed by atoms with Crippen LogP contribution in [-0.4, -0.2) is 31.3 Å². The molecule has 0 aliphatic carbocycles. The number of pyridine rings is 1. The molecule has 2 rings (SSSR count). The zero-order valence-electron chi connectivity index (χ0n) is 8.95. The molecule has 90 valence electrons. The minimum Gasteiger partial charge on any atom is -0.378 e. The fraction of sp³-hybridized carbons (Fsp3) is 0.364. The molecule has 0 saturated carbocycles. The van der Waals surface area contributed by atoms with Gasteiger partial charge in [0.1, 0.15) is 5.69 Å². The SMILES string of the molecule is Clc1cnc(C#CSI)c(N2CCOCC2)c1. The summed E-state index contributed by atoms with van der Waals surface area (Å²) in [5.41, 5.74) is 1.78. The number of halogens is 2. The molecule has 2 heterocycles. The van der Waals surface area contributed by atoms with Gasteiger partial charge in [0.25, 0.3) is 0 Å². The van der Waals surface area contributed by atoms with Gasteiger partial charge in [-0.2, -0.15) is 0 Å². The Morgan fingerprint density at radius 1 is 1.47 bits per heavy atom. The molecule has 0 bridgehead atoms. The maximum Gasteiger partial charge on any atom is 0.137 e. The van der Waals surface area contributed by atoms with Gasteiger partial charge in [-0.15, -0.1) is 0 Å². The minimum atomic E-state index is 0.638. The highest BCUT2D eigenvalue weighted by Gasteiger charge is 2.15. The third kappa shape index (κ3) is 3.65. The molecule has 0 amide bonds. The molecule has 0 atom stereocenters. The van der Waals surface area contributed by atoms with E-state index in [1.807, 2.05) is 6.07 Å². The lowest BCUT2D eigenvalue weighted by molar-refractivity contribution is 0.122. The first-order valence-electron chi connectivity index (χ1n) is 5.08. The Hall–Kier alpha value is -0.160. The zero-order chi connectivity index (χ0) is 12.1. The Bertz CT molecular complexity index is 455. The molecule has 0 N–H and O–H groups in total. The first kappa shape index (κ1) is 13.3. The van der Waals surface area contributed by atoms with Crippen LogP contribution in [0.4, 0.5) is 5.69 Å². The predicted molar refractivity (Wildman–Crippen MR) is 80.8 cm³/mol. The van der Waals surface area contributed by atoms with Crippen LogP contribution in [0.25, 0.3) is 0 Å². The zero-order valence-corrected chi connectivity index (χ0v) is 12.7. The standard InChI is InChI=1S/C11H10ClIN2OS/c12-9-7-11(15-2-4-16-5-3-15)10(14-8-9)1-6-17-13/h7-8H,2-5H2. The van der Waals surface area contributed by atoms with Gasteiger partial charge in [0.05, 0.1) is 23.9 Å².